The van der Waals surface area contributed by atoms with Gasteiger partial charge in [-0.1, -0.05) is 0 Å². The standard InChI is InChI=1S/C6H5BrIO/c7-8-5-1-3-6(9)4-2-5/h1-4,9H/q-1. The van der Waals surface area contributed by atoms with E-state index < -0.39 is 0 Å². The summed E-state index contributed by atoms with van der Waals surface area (Å²) in [7, 11) is 0. The number of phenolic OH excluding ortho intramolecular Hbond substituents is 1. The molecule has 1 aromatic rings. The molecule has 1 N–H and O–H groups in total. The van der Waals surface area contributed by atoms with Crippen molar-refractivity contribution < 1.29 is 24.1 Å². The minimum absolute atomic E-state index is 0.00204. The van der Waals surface area contributed by atoms with E-state index in [0.717, 1.165) is 0 Å². The van der Waals surface area contributed by atoms with Gasteiger partial charge >= 0.3 is 70.4 Å². The summed E-state index contributed by atoms with van der Waals surface area (Å²) in [5, 5.41) is 8.85. The number of hydrogen-bond acceptors (Lipinski definition) is 1. The molecule has 1 nitrogen and oxygen atoms in total. The Morgan fingerprint density at radius 2 is 1.78 bits per heavy atom. The van der Waals surface area contributed by atoms with Crippen LogP contribution in [0.4, 0.5) is 0 Å². The molecule has 0 saturated heterocycles. The summed E-state index contributed by atoms with van der Waals surface area (Å²) < 4.78 is 1.28. The summed E-state index contributed by atoms with van der Waals surface area (Å²) in [5.41, 5.74) is 0. The second-order valence-electron chi connectivity index (χ2n) is 1.55. The van der Waals surface area contributed by atoms with E-state index in [1.165, 1.54) is 3.57 Å². The van der Waals surface area contributed by atoms with E-state index in [4.69, 9.17) is 5.11 Å². The van der Waals surface area contributed by atoms with Crippen molar-refractivity contribution in [3.63, 3.8) is 0 Å². The number of hydrogen-bond donors (Lipinski definition) is 1. The van der Waals surface area contributed by atoms with Crippen LogP contribution in [0.15, 0.2) is 24.3 Å². The number of aromatic hydroxyl groups is 1. The van der Waals surface area contributed by atoms with Crippen LogP contribution >= 0.6 is 12.7 Å². The SMILES string of the molecule is Oc1ccc([I-]Br)cc1. The quantitative estimate of drug-likeness (QED) is 0.657. The Kier molecular flexibility index (Phi) is 2.78. The predicted molar refractivity (Wildman–Crippen MR) is 35.7 cm³/mol. The fourth-order valence-corrected chi connectivity index (χ4v) is 2.46. The Hall–Kier alpha value is 0.230. The first kappa shape index (κ1) is 7.34. The molecule has 0 aromatic heterocycles. The van der Waals surface area contributed by atoms with Crippen LogP contribution in [0, 0.1) is 3.57 Å². The zero-order valence-electron chi connectivity index (χ0n) is 4.51. The summed E-state index contributed by atoms with van der Waals surface area (Å²) in [4.78, 5) is 0. The van der Waals surface area contributed by atoms with Crippen LogP contribution in [0.5, 0.6) is 5.75 Å². The summed E-state index contributed by atoms with van der Waals surface area (Å²) >= 11 is 3.41. The van der Waals surface area contributed by atoms with E-state index in [-0.39, 0.29) is 19.0 Å². The maximum atomic E-state index is 8.85. The summed E-state index contributed by atoms with van der Waals surface area (Å²) in [6.45, 7) is 0. The molecule has 1 aromatic carbocycles. The second-order valence-corrected chi connectivity index (χ2v) is 5.21. The first-order valence-corrected chi connectivity index (χ1v) is 8.29. The van der Waals surface area contributed by atoms with Crippen LogP contribution in [0.25, 0.3) is 0 Å². The Morgan fingerprint density at radius 3 is 2.22 bits per heavy atom. The van der Waals surface area contributed by atoms with Crippen molar-refractivity contribution >= 4 is 12.7 Å². The normalized spacial score (nSPS) is 9.89. The van der Waals surface area contributed by atoms with Crippen molar-refractivity contribution in [2.45, 2.75) is 0 Å². The Labute approximate surface area is 70.1 Å². The van der Waals surface area contributed by atoms with Crippen molar-refractivity contribution in [2.75, 3.05) is 0 Å². The van der Waals surface area contributed by atoms with Gasteiger partial charge < -0.3 is 0 Å². The molecule has 0 unspecified atom stereocenters. The zero-order chi connectivity index (χ0) is 6.69. The molecule has 50 valence electrons. The molecular formula is C6H5BrIO-. The van der Waals surface area contributed by atoms with Gasteiger partial charge in [-0.05, 0) is 0 Å². The average molecular weight is 300 g/mol. The Morgan fingerprint density at radius 1 is 1.22 bits per heavy atom. The molecule has 0 amide bonds. The third-order valence-electron chi connectivity index (χ3n) is 0.909. The molecule has 1 rings (SSSR count). The number of benzene rings is 1. The van der Waals surface area contributed by atoms with Gasteiger partial charge in [-0.25, -0.2) is 0 Å². The number of phenols is 1. The summed E-state index contributed by atoms with van der Waals surface area (Å²) in [6.07, 6.45) is 0. The van der Waals surface area contributed by atoms with Crippen molar-refractivity contribution in [1.82, 2.24) is 0 Å². The molecule has 0 atom stereocenters. The monoisotopic (exact) mass is 299 g/mol. The van der Waals surface area contributed by atoms with Crippen LogP contribution in [0.1, 0.15) is 0 Å². The predicted octanol–water partition coefficient (Wildman–Crippen LogP) is -1.04. The molecule has 3 heteroatoms. The molecule has 0 aliphatic heterocycles. The molecule has 0 aliphatic carbocycles. The molecular weight excluding hydrogens is 295 g/mol. The third-order valence-corrected chi connectivity index (χ3v) is 4.42. The number of rotatable bonds is 1. The average Bonchev–Trinajstić information content (AvgIpc) is 1.90. The van der Waals surface area contributed by atoms with Crippen molar-refractivity contribution in [1.29, 1.82) is 0 Å². The summed E-state index contributed by atoms with van der Waals surface area (Å²) in [6, 6.07) is 7.27. The molecule has 0 bridgehead atoms. The molecule has 0 aliphatic rings. The number of halogens is 2. The van der Waals surface area contributed by atoms with Gasteiger partial charge in [0, 0.05) is 0 Å². The van der Waals surface area contributed by atoms with Crippen molar-refractivity contribution in [3.05, 3.63) is 27.8 Å². The van der Waals surface area contributed by atoms with E-state index in [2.05, 4.69) is 12.7 Å². The zero-order valence-corrected chi connectivity index (χ0v) is 8.26. The van der Waals surface area contributed by atoms with Gasteiger partial charge in [-0.15, -0.1) is 0 Å². The van der Waals surface area contributed by atoms with E-state index in [0.29, 0.717) is 5.75 Å². The molecule has 0 spiro atoms. The molecule has 0 heterocycles. The van der Waals surface area contributed by atoms with Gasteiger partial charge in [0.25, 0.3) is 0 Å². The summed E-state index contributed by atoms with van der Waals surface area (Å²) in [5.74, 6) is 0.337. The van der Waals surface area contributed by atoms with E-state index in [9.17, 15) is 0 Å². The van der Waals surface area contributed by atoms with Gasteiger partial charge in [0.2, 0.25) is 0 Å². The van der Waals surface area contributed by atoms with Gasteiger partial charge in [0.1, 0.15) is 0 Å². The molecule has 0 fully saturated rings. The van der Waals surface area contributed by atoms with Crippen LogP contribution in [0.3, 0.4) is 0 Å². The second kappa shape index (κ2) is 3.41. The molecule has 9 heavy (non-hydrogen) atoms. The van der Waals surface area contributed by atoms with Crippen molar-refractivity contribution in [3.8, 4) is 5.75 Å². The van der Waals surface area contributed by atoms with Gasteiger partial charge in [0.05, 0.1) is 0 Å². The first-order valence-electron chi connectivity index (χ1n) is 2.38. The fourth-order valence-electron chi connectivity index (χ4n) is 0.489. The first-order chi connectivity index (χ1) is 4.33. The Balaban J connectivity index is 2.88. The van der Waals surface area contributed by atoms with Crippen LogP contribution in [0.2, 0.25) is 0 Å². The van der Waals surface area contributed by atoms with Crippen LogP contribution in [-0.2, 0) is 0 Å². The molecule has 0 radical (unpaired) electrons. The van der Waals surface area contributed by atoms with Crippen molar-refractivity contribution in [2.24, 2.45) is 0 Å². The Bertz CT molecular complexity index is 185. The van der Waals surface area contributed by atoms with E-state index in [1.54, 1.807) is 12.1 Å². The topological polar surface area (TPSA) is 20.2 Å². The van der Waals surface area contributed by atoms with Crippen LogP contribution < -0.4 is 19.0 Å². The van der Waals surface area contributed by atoms with Crippen LogP contribution in [-0.4, -0.2) is 5.11 Å². The van der Waals surface area contributed by atoms with Gasteiger partial charge in [-0.2, -0.15) is 0 Å². The van der Waals surface area contributed by atoms with E-state index >= 15 is 0 Å². The minimum atomic E-state index is -0.00204. The van der Waals surface area contributed by atoms with Gasteiger partial charge in [-0.3, -0.25) is 0 Å². The fraction of sp³-hybridized carbons (Fsp3) is 0. The maximum absolute atomic E-state index is 8.85. The molecule has 0 saturated carbocycles. The van der Waals surface area contributed by atoms with E-state index in [1.807, 2.05) is 12.1 Å². The van der Waals surface area contributed by atoms with Gasteiger partial charge in [0.15, 0.2) is 0 Å². The third kappa shape index (κ3) is 2.14.